The minimum absolute atomic E-state index is 0.0403. The molecule has 1 amide bonds. The van der Waals surface area contributed by atoms with Crippen LogP contribution in [0.1, 0.15) is 29.8 Å². The summed E-state index contributed by atoms with van der Waals surface area (Å²) in [5, 5.41) is 13.6. The number of nitrogens with zero attached hydrogens (tertiary/aromatic N) is 1. The summed E-state index contributed by atoms with van der Waals surface area (Å²) < 4.78 is 10.6. The van der Waals surface area contributed by atoms with Crippen LogP contribution in [0.3, 0.4) is 0 Å². The van der Waals surface area contributed by atoms with Crippen molar-refractivity contribution in [2.75, 3.05) is 11.9 Å². The maximum atomic E-state index is 12.3. The monoisotopic (exact) mass is 372 g/mol. The molecule has 2 aromatic carbocycles. The van der Waals surface area contributed by atoms with Crippen LogP contribution in [-0.4, -0.2) is 29.5 Å². The highest BCUT2D eigenvalue weighted by molar-refractivity contribution is 5.98. The Morgan fingerprint density at radius 1 is 1.19 bits per heavy atom. The summed E-state index contributed by atoms with van der Waals surface area (Å²) in [6, 6.07) is 11.0. The van der Waals surface area contributed by atoms with Gasteiger partial charge in [0, 0.05) is 11.6 Å². The number of nitro benzene ring substituents is 1. The lowest BCUT2D eigenvalue weighted by molar-refractivity contribution is -0.385. The molecule has 0 fully saturated rings. The third-order valence-electron chi connectivity index (χ3n) is 3.82. The summed E-state index contributed by atoms with van der Waals surface area (Å²) in [4.78, 5) is 35.1. The molecule has 1 unspecified atom stereocenters. The average Bonchev–Trinajstić information content (AvgIpc) is 2.63. The van der Waals surface area contributed by atoms with E-state index >= 15 is 0 Å². The molecule has 0 spiro atoms. The van der Waals surface area contributed by atoms with Crippen LogP contribution in [0.25, 0.3) is 0 Å². The predicted octanol–water partition coefficient (Wildman–Crippen LogP) is 3.49. The van der Waals surface area contributed by atoms with Crippen molar-refractivity contribution in [2.45, 2.75) is 26.9 Å². The van der Waals surface area contributed by atoms with E-state index in [4.69, 9.17) is 9.47 Å². The number of esters is 1. The first-order valence-electron chi connectivity index (χ1n) is 8.32. The van der Waals surface area contributed by atoms with Gasteiger partial charge in [0.2, 0.25) is 0 Å². The van der Waals surface area contributed by atoms with Crippen molar-refractivity contribution in [3.05, 3.63) is 63.7 Å². The Hall–Kier alpha value is -3.42. The zero-order valence-electron chi connectivity index (χ0n) is 15.2. The number of nitrogens with one attached hydrogen (secondary N) is 1. The SMILES string of the molecule is CCOc1ccccc1NC(=O)C(C)OC(=O)c1cccc([N+](=O)[O-])c1C. The summed E-state index contributed by atoms with van der Waals surface area (Å²) in [7, 11) is 0. The van der Waals surface area contributed by atoms with E-state index in [1.54, 1.807) is 24.3 Å². The van der Waals surface area contributed by atoms with E-state index in [9.17, 15) is 19.7 Å². The molecule has 0 saturated carbocycles. The lowest BCUT2D eigenvalue weighted by Gasteiger charge is -2.16. The van der Waals surface area contributed by atoms with Gasteiger partial charge in [0.15, 0.2) is 6.10 Å². The van der Waals surface area contributed by atoms with Crippen LogP contribution in [-0.2, 0) is 9.53 Å². The van der Waals surface area contributed by atoms with E-state index in [1.807, 2.05) is 6.92 Å². The molecule has 142 valence electrons. The number of anilines is 1. The molecule has 0 aliphatic heterocycles. The van der Waals surface area contributed by atoms with Crippen LogP contribution < -0.4 is 10.1 Å². The summed E-state index contributed by atoms with van der Waals surface area (Å²) in [6.07, 6.45) is -1.11. The molecule has 0 saturated heterocycles. The van der Waals surface area contributed by atoms with Gasteiger partial charge in [0.05, 0.1) is 22.8 Å². The number of nitro groups is 1. The second-order valence-corrected chi connectivity index (χ2v) is 5.67. The van der Waals surface area contributed by atoms with Gasteiger partial charge < -0.3 is 14.8 Å². The normalized spacial score (nSPS) is 11.4. The lowest BCUT2D eigenvalue weighted by Crippen LogP contribution is -2.30. The molecule has 1 atom stereocenters. The number of ether oxygens (including phenoxy) is 2. The van der Waals surface area contributed by atoms with Crippen molar-refractivity contribution in [1.82, 2.24) is 0 Å². The van der Waals surface area contributed by atoms with Gasteiger partial charge in [-0.05, 0) is 39.0 Å². The molecular weight excluding hydrogens is 352 g/mol. The summed E-state index contributed by atoms with van der Waals surface area (Å²) >= 11 is 0. The molecule has 0 heterocycles. The van der Waals surface area contributed by atoms with Gasteiger partial charge in [-0.15, -0.1) is 0 Å². The van der Waals surface area contributed by atoms with E-state index in [0.717, 1.165) is 0 Å². The standard InChI is InChI=1S/C19H20N2O6/c1-4-26-17-11-6-5-9-15(17)20-18(22)13(3)27-19(23)14-8-7-10-16(12(14)2)21(24)25/h5-11,13H,4H2,1-3H3,(H,20,22). The third-order valence-corrected chi connectivity index (χ3v) is 3.82. The molecule has 2 aromatic rings. The molecule has 2 rings (SSSR count). The van der Waals surface area contributed by atoms with Crippen molar-refractivity contribution in [2.24, 2.45) is 0 Å². The van der Waals surface area contributed by atoms with Crippen molar-refractivity contribution < 1.29 is 24.0 Å². The third kappa shape index (κ3) is 4.81. The molecule has 0 radical (unpaired) electrons. The Labute approximate surface area is 156 Å². The van der Waals surface area contributed by atoms with Gasteiger partial charge in [-0.2, -0.15) is 0 Å². The Morgan fingerprint density at radius 2 is 1.89 bits per heavy atom. The summed E-state index contributed by atoms with van der Waals surface area (Å²) in [5.41, 5.74) is 0.492. The van der Waals surface area contributed by atoms with Gasteiger partial charge in [-0.25, -0.2) is 4.79 Å². The number of carbonyl (C=O) groups is 2. The van der Waals surface area contributed by atoms with E-state index in [-0.39, 0.29) is 16.8 Å². The van der Waals surface area contributed by atoms with Gasteiger partial charge in [0.1, 0.15) is 5.75 Å². The molecular formula is C19H20N2O6. The highest BCUT2D eigenvalue weighted by Gasteiger charge is 2.23. The van der Waals surface area contributed by atoms with Crippen molar-refractivity contribution >= 4 is 23.3 Å². The number of carbonyl (C=O) groups excluding carboxylic acids is 2. The number of para-hydroxylation sites is 2. The van der Waals surface area contributed by atoms with E-state index in [2.05, 4.69) is 5.32 Å². The fourth-order valence-corrected chi connectivity index (χ4v) is 2.41. The molecule has 8 nitrogen and oxygen atoms in total. The average molecular weight is 372 g/mol. The first-order valence-corrected chi connectivity index (χ1v) is 8.32. The van der Waals surface area contributed by atoms with Gasteiger partial charge in [0.25, 0.3) is 11.6 Å². The number of hydrogen-bond donors (Lipinski definition) is 1. The molecule has 0 aliphatic carbocycles. The zero-order valence-corrected chi connectivity index (χ0v) is 15.2. The van der Waals surface area contributed by atoms with E-state index in [1.165, 1.54) is 32.0 Å². The molecule has 8 heteroatoms. The molecule has 1 N–H and O–H groups in total. The van der Waals surface area contributed by atoms with Crippen LogP contribution in [0.5, 0.6) is 5.75 Å². The first-order chi connectivity index (χ1) is 12.8. The number of benzene rings is 2. The maximum absolute atomic E-state index is 12.3. The van der Waals surface area contributed by atoms with Crippen molar-refractivity contribution in [1.29, 1.82) is 0 Å². The predicted molar refractivity (Wildman–Crippen MR) is 99.0 cm³/mol. The number of amides is 1. The fraction of sp³-hybridized carbons (Fsp3) is 0.263. The van der Waals surface area contributed by atoms with Crippen LogP contribution >= 0.6 is 0 Å². The maximum Gasteiger partial charge on any atom is 0.339 e. The quantitative estimate of drug-likeness (QED) is 0.453. The van der Waals surface area contributed by atoms with Crippen molar-refractivity contribution in [3.63, 3.8) is 0 Å². The van der Waals surface area contributed by atoms with Gasteiger partial charge in [-0.1, -0.05) is 18.2 Å². The second-order valence-electron chi connectivity index (χ2n) is 5.67. The summed E-state index contributed by atoms with van der Waals surface area (Å²) in [5.74, 6) is -0.850. The van der Waals surface area contributed by atoms with Crippen LogP contribution in [0.4, 0.5) is 11.4 Å². The van der Waals surface area contributed by atoms with Crippen LogP contribution in [0.15, 0.2) is 42.5 Å². The Bertz CT molecular complexity index is 865. The topological polar surface area (TPSA) is 108 Å². The van der Waals surface area contributed by atoms with Crippen molar-refractivity contribution in [3.8, 4) is 5.75 Å². The van der Waals surface area contributed by atoms with Crippen LogP contribution in [0, 0.1) is 17.0 Å². The first kappa shape index (κ1) is 19.9. The van der Waals surface area contributed by atoms with Crippen LogP contribution in [0.2, 0.25) is 0 Å². The Balaban J connectivity index is 2.10. The Kier molecular flexibility index (Phi) is 6.48. The second kappa shape index (κ2) is 8.79. The smallest absolute Gasteiger partial charge is 0.339 e. The molecule has 0 aliphatic rings. The highest BCUT2D eigenvalue weighted by atomic mass is 16.6. The number of hydrogen-bond acceptors (Lipinski definition) is 6. The molecule has 27 heavy (non-hydrogen) atoms. The highest BCUT2D eigenvalue weighted by Crippen LogP contribution is 2.25. The van der Waals surface area contributed by atoms with E-state index < -0.39 is 22.9 Å². The zero-order chi connectivity index (χ0) is 20.0. The largest absolute Gasteiger partial charge is 0.492 e. The Morgan fingerprint density at radius 3 is 2.56 bits per heavy atom. The van der Waals surface area contributed by atoms with E-state index in [0.29, 0.717) is 18.0 Å². The molecule has 0 aromatic heterocycles. The minimum atomic E-state index is -1.11. The molecule has 0 bridgehead atoms. The summed E-state index contributed by atoms with van der Waals surface area (Å²) in [6.45, 7) is 5.13. The van der Waals surface area contributed by atoms with Gasteiger partial charge >= 0.3 is 5.97 Å². The lowest BCUT2D eigenvalue weighted by atomic mass is 10.1. The fourth-order valence-electron chi connectivity index (χ4n) is 2.41. The van der Waals surface area contributed by atoms with Gasteiger partial charge in [-0.3, -0.25) is 14.9 Å². The minimum Gasteiger partial charge on any atom is -0.492 e. The number of rotatable bonds is 7.